The fraction of sp³-hybridized carbons (Fsp3) is 0.500. The molecule has 0 unspecified atom stereocenters. The monoisotopic (exact) mass is 513 g/mol. The summed E-state index contributed by atoms with van der Waals surface area (Å²) in [4.78, 5) is 11.9. The molecule has 1 aromatic carbocycles. The lowest BCUT2D eigenvalue weighted by Crippen LogP contribution is -2.33. The van der Waals surface area contributed by atoms with Crippen molar-refractivity contribution < 1.29 is 44.3 Å². The summed E-state index contributed by atoms with van der Waals surface area (Å²) < 4.78 is 112. The van der Waals surface area contributed by atoms with Crippen LogP contribution in [-0.4, -0.2) is 47.4 Å². The van der Waals surface area contributed by atoms with E-state index in [9.17, 15) is 39.6 Å². The number of sulfonamides is 1. The van der Waals surface area contributed by atoms with Crippen LogP contribution < -0.4 is 0 Å². The van der Waals surface area contributed by atoms with Crippen molar-refractivity contribution in [3.63, 3.8) is 0 Å². The average Bonchev–Trinajstić information content (AvgIpc) is 3.02. The van der Waals surface area contributed by atoms with Crippen molar-refractivity contribution in [2.75, 3.05) is 18.9 Å². The van der Waals surface area contributed by atoms with Crippen molar-refractivity contribution in [3.05, 3.63) is 52.3 Å². The Morgan fingerprint density at radius 3 is 2.21 bits per heavy atom. The molecule has 0 radical (unpaired) electrons. The van der Waals surface area contributed by atoms with Gasteiger partial charge in [-0.2, -0.15) is 35.7 Å². The van der Waals surface area contributed by atoms with Gasteiger partial charge in [0.1, 0.15) is 0 Å². The maximum Gasteiger partial charge on any atom is 0.416 e. The molecule has 3 rings (SSSR count). The predicted octanol–water partition coefficient (Wildman–Crippen LogP) is 3.88. The fourth-order valence-electron chi connectivity index (χ4n) is 3.51. The fourth-order valence-corrected chi connectivity index (χ4v) is 5.00. The Balaban J connectivity index is 1.80. The largest absolute Gasteiger partial charge is 0.461 e. The van der Waals surface area contributed by atoms with Gasteiger partial charge in [0, 0.05) is 13.1 Å². The molecule has 0 atom stereocenters. The van der Waals surface area contributed by atoms with E-state index in [0.29, 0.717) is 30.8 Å². The van der Waals surface area contributed by atoms with Crippen LogP contribution >= 0.6 is 0 Å². The number of rotatable bonds is 6. The molecule has 0 fully saturated rings. The van der Waals surface area contributed by atoms with E-state index < -0.39 is 57.2 Å². The summed E-state index contributed by atoms with van der Waals surface area (Å²) in [5.41, 5.74) is -2.96. The average molecular weight is 513 g/mol. The molecule has 1 aromatic heterocycles. The van der Waals surface area contributed by atoms with Gasteiger partial charge in [-0.1, -0.05) is 0 Å². The molecule has 0 saturated carbocycles. The standard InChI is InChI=1S/C20H21F6N3O4S/c1-2-33-18(30)17-11-16-12-28(5-3-6-29(16)27-17)34(31,32)7-4-13-8-14(19(21,22)23)10-15(9-13)20(24,25)26/h8-11H,2-7,12H2,1H3. The molecule has 0 aliphatic carbocycles. The Morgan fingerprint density at radius 1 is 1.03 bits per heavy atom. The molecule has 0 spiro atoms. The lowest BCUT2D eigenvalue weighted by molar-refractivity contribution is -0.143. The van der Waals surface area contributed by atoms with Gasteiger partial charge in [0.05, 0.1) is 35.7 Å². The Kier molecular flexibility index (Phi) is 7.31. The van der Waals surface area contributed by atoms with Crippen LogP contribution in [0.4, 0.5) is 26.3 Å². The number of carbonyl (C=O) groups is 1. The van der Waals surface area contributed by atoms with Crippen LogP contribution in [0.2, 0.25) is 0 Å². The van der Waals surface area contributed by atoms with E-state index in [1.54, 1.807) is 6.92 Å². The number of benzene rings is 1. The molecular formula is C20H21F6N3O4S. The number of esters is 1. The van der Waals surface area contributed by atoms with Crippen LogP contribution in [-0.2, 0) is 46.6 Å². The van der Waals surface area contributed by atoms with E-state index >= 15 is 0 Å². The van der Waals surface area contributed by atoms with Gasteiger partial charge >= 0.3 is 18.3 Å². The number of halogens is 6. The van der Waals surface area contributed by atoms with Crippen LogP contribution in [0.25, 0.3) is 0 Å². The first-order valence-electron chi connectivity index (χ1n) is 10.2. The highest BCUT2D eigenvalue weighted by Crippen LogP contribution is 2.36. The third kappa shape index (κ3) is 6.09. The highest BCUT2D eigenvalue weighted by Gasteiger charge is 2.37. The highest BCUT2D eigenvalue weighted by molar-refractivity contribution is 7.89. The number of nitrogens with zero attached hydrogens (tertiary/aromatic N) is 3. The second kappa shape index (κ2) is 9.56. The SMILES string of the molecule is CCOC(=O)c1cc2n(n1)CCCN(S(=O)(=O)CCc1cc(C(F)(F)F)cc(C(F)(F)F)c1)C2. The van der Waals surface area contributed by atoms with E-state index in [1.165, 1.54) is 10.7 Å². The Bertz CT molecular complexity index is 1130. The Hall–Kier alpha value is -2.61. The zero-order valence-corrected chi connectivity index (χ0v) is 18.7. The van der Waals surface area contributed by atoms with Gasteiger partial charge in [-0.25, -0.2) is 13.2 Å². The first kappa shape index (κ1) is 26.0. The van der Waals surface area contributed by atoms with E-state index in [-0.39, 0.29) is 31.5 Å². The molecular weight excluding hydrogens is 492 g/mol. The lowest BCUT2D eigenvalue weighted by atomic mass is 10.0. The number of fused-ring (bicyclic) bond motifs is 1. The van der Waals surface area contributed by atoms with Crippen molar-refractivity contribution in [3.8, 4) is 0 Å². The molecule has 188 valence electrons. The van der Waals surface area contributed by atoms with Gasteiger partial charge in [-0.3, -0.25) is 4.68 Å². The molecule has 2 heterocycles. The van der Waals surface area contributed by atoms with Crippen LogP contribution in [0.3, 0.4) is 0 Å². The maximum atomic E-state index is 13.1. The van der Waals surface area contributed by atoms with Crippen LogP contribution in [0.1, 0.15) is 46.2 Å². The van der Waals surface area contributed by atoms with Crippen LogP contribution in [0, 0.1) is 0 Å². The number of hydrogen-bond acceptors (Lipinski definition) is 5. The number of aryl methyl sites for hydroxylation is 2. The molecule has 7 nitrogen and oxygen atoms in total. The van der Waals surface area contributed by atoms with Crippen LogP contribution in [0.5, 0.6) is 0 Å². The summed E-state index contributed by atoms with van der Waals surface area (Å²) in [6, 6.07) is 2.44. The Morgan fingerprint density at radius 2 is 1.65 bits per heavy atom. The van der Waals surface area contributed by atoms with E-state index in [4.69, 9.17) is 4.74 Å². The predicted molar refractivity (Wildman–Crippen MR) is 107 cm³/mol. The number of hydrogen-bond donors (Lipinski definition) is 0. The van der Waals surface area contributed by atoms with Crippen molar-refractivity contribution >= 4 is 16.0 Å². The van der Waals surface area contributed by atoms with E-state index in [2.05, 4.69) is 5.10 Å². The molecule has 1 aliphatic heterocycles. The maximum absolute atomic E-state index is 13.1. The Labute approximate surface area is 191 Å². The van der Waals surface area contributed by atoms with Gasteiger partial charge in [-0.15, -0.1) is 0 Å². The van der Waals surface area contributed by atoms with Gasteiger partial charge in [0.15, 0.2) is 5.69 Å². The summed E-state index contributed by atoms with van der Waals surface area (Å²) in [5.74, 6) is -1.35. The van der Waals surface area contributed by atoms with E-state index in [1.807, 2.05) is 0 Å². The second-order valence-corrected chi connectivity index (χ2v) is 9.72. The quantitative estimate of drug-likeness (QED) is 0.433. The molecule has 2 aromatic rings. The first-order chi connectivity index (χ1) is 15.7. The molecule has 0 N–H and O–H groups in total. The molecule has 1 aliphatic rings. The zero-order valence-electron chi connectivity index (χ0n) is 17.9. The molecule has 34 heavy (non-hydrogen) atoms. The number of ether oxygens (including phenoxy) is 1. The number of aromatic nitrogens is 2. The van der Waals surface area contributed by atoms with Crippen LogP contribution in [0.15, 0.2) is 24.3 Å². The number of carbonyl (C=O) groups excluding carboxylic acids is 1. The summed E-state index contributed by atoms with van der Waals surface area (Å²) >= 11 is 0. The third-order valence-corrected chi connectivity index (χ3v) is 6.97. The van der Waals surface area contributed by atoms with Gasteiger partial charge in [-0.05, 0) is 49.6 Å². The number of alkyl halides is 6. The summed E-state index contributed by atoms with van der Waals surface area (Å²) in [6.45, 7) is 2.01. The minimum Gasteiger partial charge on any atom is -0.461 e. The van der Waals surface area contributed by atoms with Gasteiger partial charge in [0.2, 0.25) is 10.0 Å². The van der Waals surface area contributed by atoms with Gasteiger partial charge in [0.25, 0.3) is 0 Å². The highest BCUT2D eigenvalue weighted by atomic mass is 32.2. The smallest absolute Gasteiger partial charge is 0.416 e. The van der Waals surface area contributed by atoms with Crippen molar-refractivity contribution in [2.24, 2.45) is 0 Å². The topological polar surface area (TPSA) is 81.5 Å². The second-order valence-electron chi connectivity index (χ2n) is 7.63. The lowest BCUT2D eigenvalue weighted by Gasteiger charge is -2.20. The normalized spacial score (nSPS) is 15.6. The van der Waals surface area contributed by atoms with E-state index in [0.717, 1.165) is 4.31 Å². The summed E-state index contributed by atoms with van der Waals surface area (Å²) in [6.07, 6.45) is -10.2. The minimum absolute atomic E-state index is 0.00487. The molecule has 0 amide bonds. The minimum atomic E-state index is -5.02. The van der Waals surface area contributed by atoms with Gasteiger partial charge < -0.3 is 4.74 Å². The zero-order chi connectivity index (χ0) is 25.3. The van der Waals surface area contributed by atoms with Crippen molar-refractivity contribution in [1.29, 1.82) is 0 Å². The summed E-state index contributed by atoms with van der Waals surface area (Å²) in [5, 5.41) is 4.11. The van der Waals surface area contributed by atoms with Crippen molar-refractivity contribution in [1.82, 2.24) is 14.1 Å². The molecule has 0 saturated heterocycles. The molecule has 0 bridgehead atoms. The molecule has 14 heteroatoms. The summed E-state index contributed by atoms with van der Waals surface area (Å²) in [7, 11) is -4.05. The first-order valence-corrected chi connectivity index (χ1v) is 11.8. The third-order valence-electron chi connectivity index (χ3n) is 5.15. The van der Waals surface area contributed by atoms with Crippen molar-refractivity contribution in [2.45, 2.75) is 45.2 Å².